The summed E-state index contributed by atoms with van der Waals surface area (Å²) in [6, 6.07) is 14.9. The molecule has 3 heterocycles. The molecule has 2 aliphatic rings. The molecule has 2 amide bonds. The minimum atomic E-state index is -0.533. The molecule has 0 radical (unpaired) electrons. The van der Waals surface area contributed by atoms with Gasteiger partial charge in [-0.25, -0.2) is 0 Å². The first-order chi connectivity index (χ1) is 15.6. The van der Waals surface area contributed by atoms with Crippen LogP contribution >= 0.6 is 0 Å². The third-order valence-corrected chi connectivity index (χ3v) is 5.91. The topological polar surface area (TPSA) is 85.7 Å². The van der Waals surface area contributed by atoms with Crippen LogP contribution in [0.15, 0.2) is 54.7 Å². The lowest BCUT2D eigenvalue weighted by Crippen LogP contribution is -2.41. The number of carbonyl (C=O) groups is 2. The van der Waals surface area contributed by atoms with Gasteiger partial charge >= 0.3 is 0 Å². The van der Waals surface area contributed by atoms with Gasteiger partial charge in [-0.3, -0.25) is 14.3 Å². The number of aryl methyl sites for hydroxylation is 1. The molecule has 0 bridgehead atoms. The van der Waals surface area contributed by atoms with Crippen molar-refractivity contribution in [1.82, 2.24) is 14.7 Å². The first kappa shape index (κ1) is 20.1. The highest BCUT2D eigenvalue weighted by Crippen LogP contribution is 2.33. The summed E-state index contributed by atoms with van der Waals surface area (Å²) < 4.78 is 12.6. The maximum absolute atomic E-state index is 13.0. The molecular weight excluding hydrogens is 408 g/mol. The molecule has 1 saturated heterocycles. The number of nitrogens with zero attached hydrogens (tertiary/aromatic N) is 3. The van der Waals surface area contributed by atoms with Crippen molar-refractivity contribution in [3.05, 3.63) is 71.4 Å². The zero-order valence-electron chi connectivity index (χ0n) is 17.8. The van der Waals surface area contributed by atoms with Crippen LogP contribution in [0.5, 0.6) is 11.5 Å². The Labute approximate surface area is 185 Å². The van der Waals surface area contributed by atoms with E-state index in [-0.39, 0.29) is 18.6 Å². The van der Waals surface area contributed by atoms with E-state index >= 15 is 0 Å². The molecule has 5 rings (SSSR count). The molecule has 164 valence electrons. The molecule has 0 saturated carbocycles. The van der Waals surface area contributed by atoms with Gasteiger partial charge in [0.2, 0.25) is 18.6 Å². The van der Waals surface area contributed by atoms with E-state index in [9.17, 15) is 9.59 Å². The summed E-state index contributed by atoms with van der Waals surface area (Å²) in [6.07, 6.45) is 2.68. The van der Waals surface area contributed by atoms with E-state index in [0.717, 1.165) is 5.56 Å². The van der Waals surface area contributed by atoms with Gasteiger partial charge in [-0.05, 0) is 42.2 Å². The van der Waals surface area contributed by atoms with Crippen molar-refractivity contribution in [1.29, 1.82) is 0 Å². The maximum Gasteiger partial charge on any atom is 0.248 e. The number of fused-ring (bicyclic) bond motifs is 1. The summed E-state index contributed by atoms with van der Waals surface area (Å²) in [5, 5.41) is 7.35. The van der Waals surface area contributed by atoms with Crippen LogP contribution in [-0.2, 0) is 22.7 Å². The zero-order chi connectivity index (χ0) is 22.1. The minimum Gasteiger partial charge on any atom is -0.454 e. The predicted octanol–water partition coefficient (Wildman–Crippen LogP) is 3.10. The molecule has 32 heavy (non-hydrogen) atoms. The van der Waals surface area contributed by atoms with Crippen LogP contribution in [0, 0.1) is 6.92 Å². The number of aromatic nitrogens is 2. The van der Waals surface area contributed by atoms with Gasteiger partial charge < -0.3 is 19.7 Å². The van der Waals surface area contributed by atoms with Crippen LogP contribution in [0.25, 0.3) is 0 Å². The number of carbonyl (C=O) groups excluding carboxylic acids is 2. The van der Waals surface area contributed by atoms with Crippen molar-refractivity contribution in [2.75, 3.05) is 12.1 Å². The van der Waals surface area contributed by atoms with Gasteiger partial charge in [0.05, 0.1) is 6.54 Å². The Balaban J connectivity index is 1.25. The second-order valence-electron chi connectivity index (χ2n) is 8.08. The Morgan fingerprint density at radius 1 is 1.12 bits per heavy atom. The molecule has 0 aliphatic carbocycles. The zero-order valence-corrected chi connectivity index (χ0v) is 17.8. The second-order valence-corrected chi connectivity index (χ2v) is 8.08. The first-order valence-corrected chi connectivity index (χ1v) is 10.6. The Hall–Kier alpha value is -3.81. The van der Waals surface area contributed by atoms with Gasteiger partial charge in [0, 0.05) is 25.2 Å². The van der Waals surface area contributed by atoms with E-state index in [4.69, 9.17) is 9.47 Å². The third-order valence-electron chi connectivity index (χ3n) is 5.91. The summed E-state index contributed by atoms with van der Waals surface area (Å²) >= 11 is 0. The van der Waals surface area contributed by atoms with Gasteiger partial charge in [-0.2, -0.15) is 5.10 Å². The van der Waals surface area contributed by atoms with Crippen molar-refractivity contribution in [2.24, 2.45) is 0 Å². The highest BCUT2D eigenvalue weighted by atomic mass is 16.7. The Morgan fingerprint density at radius 3 is 2.84 bits per heavy atom. The number of hydrogen-bond donors (Lipinski definition) is 1. The van der Waals surface area contributed by atoms with E-state index < -0.39 is 6.04 Å². The Kier molecular flexibility index (Phi) is 5.26. The normalized spacial score (nSPS) is 17.1. The van der Waals surface area contributed by atoms with Gasteiger partial charge in [0.25, 0.3) is 0 Å². The standard InChI is InChI=1S/C24H24N4O4/c1-16-4-2-3-5-18(16)14-27-11-10-22(26-27)25-24(30)19-7-9-23(29)28(19)13-17-6-8-20-21(12-17)32-15-31-20/h2-6,8,10-12,19H,7,9,13-15H2,1H3,(H,25,26,30). The van der Waals surface area contributed by atoms with Crippen LogP contribution in [0.2, 0.25) is 0 Å². The summed E-state index contributed by atoms with van der Waals surface area (Å²) in [6.45, 7) is 3.23. The van der Waals surface area contributed by atoms with Crippen LogP contribution < -0.4 is 14.8 Å². The second kappa shape index (κ2) is 8.37. The van der Waals surface area contributed by atoms with Crippen LogP contribution in [0.4, 0.5) is 5.82 Å². The highest BCUT2D eigenvalue weighted by molar-refractivity contribution is 5.98. The van der Waals surface area contributed by atoms with Crippen molar-refractivity contribution < 1.29 is 19.1 Å². The van der Waals surface area contributed by atoms with E-state index in [1.165, 1.54) is 11.1 Å². The third kappa shape index (κ3) is 4.03. The summed E-state index contributed by atoms with van der Waals surface area (Å²) in [7, 11) is 0. The summed E-state index contributed by atoms with van der Waals surface area (Å²) in [5.74, 6) is 1.57. The van der Waals surface area contributed by atoms with Crippen molar-refractivity contribution in [3.8, 4) is 11.5 Å². The number of anilines is 1. The molecule has 1 N–H and O–H groups in total. The van der Waals surface area contributed by atoms with Crippen LogP contribution in [0.1, 0.15) is 29.5 Å². The number of ether oxygens (including phenoxy) is 2. The Bertz CT molecular complexity index is 1170. The Morgan fingerprint density at radius 2 is 1.97 bits per heavy atom. The van der Waals surface area contributed by atoms with Gasteiger partial charge in [0.1, 0.15) is 6.04 Å². The lowest BCUT2D eigenvalue weighted by atomic mass is 10.1. The number of amides is 2. The molecule has 1 aromatic heterocycles. The fourth-order valence-electron chi connectivity index (χ4n) is 4.13. The number of nitrogens with one attached hydrogen (secondary N) is 1. The number of likely N-dealkylation sites (tertiary alicyclic amines) is 1. The molecule has 8 nitrogen and oxygen atoms in total. The van der Waals surface area contributed by atoms with Gasteiger partial charge in [-0.15, -0.1) is 0 Å². The molecule has 1 fully saturated rings. The minimum absolute atomic E-state index is 0.0344. The number of benzene rings is 2. The average Bonchev–Trinajstić information content (AvgIpc) is 3.51. The molecule has 2 aromatic carbocycles. The van der Waals surface area contributed by atoms with Crippen LogP contribution in [0.3, 0.4) is 0 Å². The quantitative estimate of drug-likeness (QED) is 0.647. The smallest absolute Gasteiger partial charge is 0.248 e. The average molecular weight is 432 g/mol. The molecule has 0 spiro atoms. The maximum atomic E-state index is 13.0. The predicted molar refractivity (Wildman–Crippen MR) is 117 cm³/mol. The van der Waals surface area contributed by atoms with Crippen molar-refractivity contribution >= 4 is 17.6 Å². The lowest BCUT2D eigenvalue weighted by Gasteiger charge is -2.24. The van der Waals surface area contributed by atoms with E-state index in [0.29, 0.717) is 43.2 Å². The lowest BCUT2D eigenvalue weighted by molar-refractivity contribution is -0.133. The van der Waals surface area contributed by atoms with E-state index in [1.54, 1.807) is 15.6 Å². The SMILES string of the molecule is Cc1ccccc1Cn1ccc(NC(=O)C2CCC(=O)N2Cc2ccc3c(c2)OCO3)n1. The molecule has 1 unspecified atom stereocenters. The molecule has 8 heteroatoms. The van der Waals surface area contributed by atoms with Crippen molar-refractivity contribution in [2.45, 2.75) is 38.9 Å². The summed E-state index contributed by atoms with van der Waals surface area (Å²) in [4.78, 5) is 27.1. The fourth-order valence-corrected chi connectivity index (χ4v) is 4.13. The molecule has 3 aromatic rings. The van der Waals surface area contributed by atoms with Gasteiger partial charge in [-0.1, -0.05) is 30.3 Å². The number of rotatable bonds is 6. The molecular formula is C24H24N4O4. The van der Waals surface area contributed by atoms with Crippen LogP contribution in [-0.4, -0.2) is 39.3 Å². The number of hydrogen-bond acceptors (Lipinski definition) is 5. The monoisotopic (exact) mass is 432 g/mol. The van der Waals surface area contributed by atoms with Crippen molar-refractivity contribution in [3.63, 3.8) is 0 Å². The summed E-state index contributed by atoms with van der Waals surface area (Å²) in [5.41, 5.74) is 3.26. The largest absolute Gasteiger partial charge is 0.454 e. The van der Waals surface area contributed by atoms with Gasteiger partial charge in [0.15, 0.2) is 17.3 Å². The van der Waals surface area contributed by atoms with E-state index in [1.807, 2.05) is 36.5 Å². The fraction of sp³-hybridized carbons (Fsp3) is 0.292. The molecule has 1 atom stereocenters. The van der Waals surface area contributed by atoms with E-state index in [2.05, 4.69) is 29.5 Å². The molecule has 2 aliphatic heterocycles. The highest BCUT2D eigenvalue weighted by Gasteiger charge is 2.36. The first-order valence-electron chi connectivity index (χ1n) is 10.6.